The lowest BCUT2D eigenvalue weighted by Gasteiger charge is -2.31. The maximum atomic E-state index is 13.3. The summed E-state index contributed by atoms with van der Waals surface area (Å²) in [5.41, 5.74) is 3.06. The summed E-state index contributed by atoms with van der Waals surface area (Å²) in [5.74, 6) is 0.174. The first-order valence-electron chi connectivity index (χ1n) is 10.4. The van der Waals surface area contributed by atoms with Gasteiger partial charge in [0.25, 0.3) is 5.91 Å². The van der Waals surface area contributed by atoms with E-state index in [2.05, 4.69) is 5.32 Å². The van der Waals surface area contributed by atoms with E-state index in [1.54, 1.807) is 24.1 Å². The predicted molar refractivity (Wildman–Crippen MR) is 122 cm³/mol. The van der Waals surface area contributed by atoms with E-state index in [-0.39, 0.29) is 18.4 Å². The molecule has 3 rings (SSSR count). The summed E-state index contributed by atoms with van der Waals surface area (Å²) in [5, 5.41) is 2.72. The zero-order valence-electron chi connectivity index (χ0n) is 18.0. The zero-order valence-corrected chi connectivity index (χ0v) is 18.0. The van der Waals surface area contributed by atoms with Crippen molar-refractivity contribution < 1.29 is 14.3 Å². The van der Waals surface area contributed by atoms with Crippen LogP contribution in [0.2, 0.25) is 0 Å². The predicted octanol–water partition coefficient (Wildman–Crippen LogP) is 3.76. The lowest BCUT2D eigenvalue weighted by atomic mass is 10.0. The lowest BCUT2D eigenvalue weighted by Crippen LogP contribution is -2.51. The molecular weight excluding hydrogens is 388 g/mol. The average molecular weight is 417 g/mol. The van der Waals surface area contributed by atoms with Gasteiger partial charge in [-0.15, -0.1) is 0 Å². The Morgan fingerprint density at radius 2 is 1.52 bits per heavy atom. The van der Waals surface area contributed by atoms with Gasteiger partial charge in [0.15, 0.2) is 6.61 Å². The third-order valence-electron chi connectivity index (χ3n) is 5.22. The van der Waals surface area contributed by atoms with Crippen molar-refractivity contribution in [1.29, 1.82) is 0 Å². The number of carbonyl (C=O) groups excluding carboxylic acids is 2. The third-order valence-corrected chi connectivity index (χ3v) is 5.22. The van der Waals surface area contributed by atoms with Gasteiger partial charge in [-0.3, -0.25) is 9.59 Å². The van der Waals surface area contributed by atoms with Gasteiger partial charge in [-0.25, -0.2) is 0 Å². The maximum Gasteiger partial charge on any atom is 0.261 e. The molecule has 0 aromatic heterocycles. The number of hydrogen-bond donors (Lipinski definition) is 1. The molecule has 0 saturated carbocycles. The summed E-state index contributed by atoms with van der Waals surface area (Å²) in [6, 6.07) is 26.2. The van der Waals surface area contributed by atoms with Crippen LogP contribution >= 0.6 is 0 Å². The number of nitrogens with zero attached hydrogens (tertiary/aromatic N) is 1. The van der Waals surface area contributed by atoms with Crippen LogP contribution in [0.5, 0.6) is 5.75 Å². The molecule has 0 aliphatic rings. The highest BCUT2D eigenvalue weighted by Crippen LogP contribution is 2.18. The first-order valence-corrected chi connectivity index (χ1v) is 10.4. The van der Waals surface area contributed by atoms with E-state index < -0.39 is 6.04 Å². The summed E-state index contributed by atoms with van der Waals surface area (Å²) >= 11 is 0. The van der Waals surface area contributed by atoms with Crippen molar-refractivity contribution in [3.63, 3.8) is 0 Å². The molecule has 0 aliphatic heterocycles. The quantitative estimate of drug-likeness (QED) is 0.578. The van der Waals surface area contributed by atoms with Crippen LogP contribution in [0.3, 0.4) is 0 Å². The second-order valence-electron chi connectivity index (χ2n) is 7.37. The fourth-order valence-electron chi connectivity index (χ4n) is 3.44. The Morgan fingerprint density at radius 3 is 2.16 bits per heavy atom. The molecule has 3 aromatic carbocycles. The molecule has 0 aliphatic carbocycles. The summed E-state index contributed by atoms with van der Waals surface area (Å²) in [6.45, 7) is 2.19. The number of hydrogen-bond acceptors (Lipinski definition) is 3. The molecule has 5 heteroatoms. The van der Waals surface area contributed by atoms with Gasteiger partial charge < -0.3 is 15.0 Å². The minimum absolute atomic E-state index is 0.141. The van der Waals surface area contributed by atoms with E-state index in [0.29, 0.717) is 18.7 Å². The number of carbonyl (C=O) groups is 2. The molecule has 1 N–H and O–H groups in total. The van der Waals surface area contributed by atoms with E-state index in [4.69, 9.17) is 4.74 Å². The maximum absolute atomic E-state index is 13.3. The van der Waals surface area contributed by atoms with Crippen LogP contribution in [-0.4, -0.2) is 36.4 Å². The summed E-state index contributed by atoms with van der Waals surface area (Å²) in [6.07, 6.45) is 0.420. The standard InChI is InChI=1S/C26H28N2O3/c1-20-11-9-10-14-22(20)18-28(25(29)19-31-23-15-7-4-8-16-23)24(26(30)27-2)17-21-12-5-3-6-13-21/h3-16,24H,17-19H2,1-2H3,(H,27,30)/t24-/m1/s1. The molecule has 3 aromatic rings. The number of para-hydroxylation sites is 1. The van der Waals surface area contributed by atoms with E-state index in [9.17, 15) is 9.59 Å². The van der Waals surface area contributed by atoms with E-state index >= 15 is 0 Å². The van der Waals surface area contributed by atoms with Gasteiger partial charge in [0, 0.05) is 20.0 Å². The highest BCUT2D eigenvalue weighted by atomic mass is 16.5. The van der Waals surface area contributed by atoms with Crippen LogP contribution in [0.1, 0.15) is 16.7 Å². The second-order valence-corrected chi connectivity index (χ2v) is 7.37. The molecule has 5 nitrogen and oxygen atoms in total. The number of amides is 2. The van der Waals surface area contributed by atoms with E-state index in [1.165, 1.54) is 0 Å². The average Bonchev–Trinajstić information content (AvgIpc) is 2.81. The monoisotopic (exact) mass is 416 g/mol. The molecule has 1 atom stereocenters. The largest absolute Gasteiger partial charge is 0.484 e. The first-order chi connectivity index (χ1) is 15.1. The van der Waals surface area contributed by atoms with Crippen molar-refractivity contribution in [2.45, 2.75) is 25.9 Å². The van der Waals surface area contributed by atoms with Gasteiger partial charge in [-0.05, 0) is 35.7 Å². The zero-order chi connectivity index (χ0) is 22.1. The number of nitrogens with one attached hydrogen (secondary N) is 1. The molecular formula is C26H28N2O3. The molecule has 0 fully saturated rings. The number of likely N-dealkylation sites (N-methyl/N-ethyl adjacent to an activating group) is 1. The van der Waals surface area contributed by atoms with Crippen LogP contribution < -0.4 is 10.1 Å². The van der Waals surface area contributed by atoms with Crippen LogP contribution in [0, 0.1) is 6.92 Å². The Balaban J connectivity index is 1.88. The fraction of sp³-hybridized carbons (Fsp3) is 0.231. The van der Waals surface area contributed by atoms with Crippen LogP contribution in [-0.2, 0) is 22.6 Å². The number of aryl methyl sites for hydroxylation is 1. The number of ether oxygens (including phenoxy) is 1. The SMILES string of the molecule is CNC(=O)[C@@H](Cc1ccccc1)N(Cc1ccccc1C)C(=O)COc1ccccc1. The Morgan fingerprint density at radius 1 is 0.903 bits per heavy atom. The van der Waals surface area contributed by atoms with E-state index in [0.717, 1.165) is 16.7 Å². The molecule has 0 saturated heterocycles. The molecule has 160 valence electrons. The number of benzene rings is 3. The van der Waals surface area contributed by atoms with Crippen molar-refractivity contribution in [2.24, 2.45) is 0 Å². The molecule has 0 radical (unpaired) electrons. The van der Waals surface area contributed by atoms with Crippen LogP contribution in [0.25, 0.3) is 0 Å². The van der Waals surface area contributed by atoms with Crippen molar-refractivity contribution >= 4 is 11.8 Å². The molecule has 0 heterocycles. The molecule has 2 amide bonds. The van der Waals surface area contributed by atoms with Gasteiger partial charge in [-0.1, -0.05) is 72.8 Å². The number of rotatable bonds is 9. The van der Waals surface area contributed by atoms with Gasteiger partial charge in [0.1, 0.15) is 11.8 Å². The van der Waals surface area contributed by atoms with Crippen molar-refractivity contribution in [2.75, 3.05) is 13.7 Å². The van der Waals surface area contributed by atoms with Crippen molar-refractivity contribution in [3.05, 3.63) is 102 Å². The first kappa shape index (κ1) is 22.1. The van der Waals surface area contributed by atoms with Gasteiger partial charge in [0.2, 0.25) is 5.91 Å². The fourth-order valence-corrected chi connectivity index (χ4v) is 3.44. The van der Waals surface area contributed by atoms with Crippen LogP contribution in [0.4, 0.5) is 0 Å². The van der Waals surface area contributed by atoms with Crippen molar-refractivity contribution in [3.8, 4) is 5.75 Å². The van der Waals surface area contributed by atoms with Gasteiger partial charge in [-0.2, -0.15) is 0 Å². The lowest BCUT2D eigenvalue weighted by molar-refractivity contribution is -0.142. The molecule has 31 heavy (non-hydrogen) atoms. The highest BCUT2D eigenvalue weighted by Gasteiger charge is 2.30. The summed E-state index contributed by atoms with van der Waals surface area (Å²) in [7, 11) is 1.59. The topological polar surface area (TPSA) is 58.6 Å². The third kappa shape index (κ3) is 6.19. The second kappa shape index (κ2) is 11.0. The summed E-state index contributed by atoms with van der Waals surface area (Å²) < 4.78 is 5.71. The minimum Gasteiger partial charge on any atom is -0.484 e. The Hall–Kier alpha value is -3.60. The minimum atomic E-state index is -0.654. The van der Waals surface area contributed by atoms with Gasteiger partial charge in [0.05, 0.1) is 0 Å². The van der Waals surface area contributed by atoms with E-state index in [1.807, 2.05) is 79.7 Å². The van der Waals surface area contributed by atoms with Crippen LogP contribution in [0.15, 0.2) is 84.9 Å². The Kier molecular flexibility index (Phi) is 7.82. The Labute approximate surface area is 183 Å². The van der Waals surface area contributed by atoms with Gasteiger partial charge >= 0.3 is 0 Å². The molecule has 0 spiro atoms. The highest BCUT2D eigenvalue weighted by molar-refractivity contribution is 5.88. The normalized spacial score (nSPS) is 11.4. The Bertz CT molecular complexity index is 990. The van der Waals surface area contributed by atoms with Crippen molar-refractivity contribution in [1.82, 2.24) is 10.2 Å². The molecule has 0 unspecified atom stereocenters. The summed E-state index contributed by atoms with van der Waals surface area (Å²) in [4.78, 5) is 27.8. The molecule has 0 bridgehead atoms. The smallest absolute Gasteiger partial charge is 0.261 e.